The zero-order chi connectivity index (χ0) is 17.1. The van der Waals surface area contributed by atoms with Crippen molar-refractivity contribution in [2.24, 2.45) is 11.8 Å². The lowest BCUT2D eigenvalue weighted by atomic mass is 9.96. The van der Waals surface area contributed by atoms with E-state index in [9.17, 15) is 9.59 Å². The number of benzene rings is 1. The molecule has 1 aromatic carbocycles. The monoisotopic (exact) mass is 329 g/mol. The van der Waals surface area contributed by atoms with Crippen molar-refractivity contribution in [3.8, 4) is 0 Å². The molecule has 1 saturated heterocycles. The maximum atomic E-state index is 13.0. The average Bonchev–Trinajstić information content (AvgIpc) is 3.46. The maximum absolute atomic E-state index is 13.0. The number of nitrogens with one attached hydrogen (secondary N) is 1. The van der Waals surface area contributed by atoms with Gasteiger partial charge in [-0.2, -0.15) is 0 Å². The summed E-state index contributed by atoms with van der Waals surface area (Å²) in [7, 11) is 3.76. The van der Waals surface area contributed by atoms with Gasteiger partial charge in [0.1, 0.15) is 0 Å². The predicted octanol–water partition coefficient (Wildman–Crippen LogP) is 2.13. The summed E-state index contributed by atoms with van der Waals surface area (Å²) in [4.78, 5) is 28.9. The van der Waals surface area contributed by atoms with Gasteiger partial charge in [-0.1, -0.05) is 12.1 Å². The van der Waals surface area contributed by atoms with Gasteiger partial charge in [0.25, 0.3) is 5.91 Å². The van der Waals surface area contributed by atoms with Crippen LogP contribution in [0.5, 0.6) is 0 Å². The highest BCUT2D eigenvalue weighted by molar-refractivity contribution is 6.05. The van der Waals surface area contributed by atoms with Gasteiger partial charge in [-0.3, -0.25) is 9.59 Å². The molecule has 0 bridgehead atoms. The summed E-state index contributed by atoms with van der Waals surface area (Å²) in [6, 6.07) is 7.48. The molecule has 0 aromatic heterocycles. The summed E-state index contributed by atoms with van der Waals surface area (Å²) < 4.78 is 0. The van der Waals surface area contributed by atoms with Crippen LogP contribution in [0.2, 0.25) is 0 Å². The molecule has 2 aliphatic rings. The molecule has 5 nitrogen and oxygen atoms in total. The standard InChI is InChI=1S/C19H27N3O2/c1-20-13-14-9-11-22(12-10-14)19(24)16-5-3-4-6-17(16)21(2)18(23)15-7-8-15/h3-6,14-15,20H,7-13H2,1-2H3. The highest BCUT2D eigenvalue weighted by Crippen LogP contribution is 2.33. The number of amides is 2. The van der Waals surface area contributed by atoms with Crippen LogP contribution in [0.1, 0.15) is 36.0 Å². The van der Waals surface area contributed by atoms with E-state index in [2.05, 4.69) is 5.32 Å². The lowest BCUT2D eigenvalue weighted by molar-refractivity contribution is -0.119. The molecule has 130 valence electrons. The molecular formula is C19H27N3O2. The van der Waals surface area contributed by atoms with Crippen LogP contribution in [-0.4, -0.2) is 50.4 Å². The zero-order valence-corrected chi connectivity index (χ0v) is 14.6. The fourth-order valence-corrected chi connectivity index (χ4v) is 3.47. The summed E-state index contributed by atoms with van der Waals surface area (Å²) in [5.41, 5.74) is 1.37. The minimum Gasteiger partial charge on any atom is -0.339 e. The molecule has 1 aromatic rings. The second kappa shape index (κ2) is 7.34. The minimum atomic E-state index is 0.0453. The van der Waals surface area contributed by atoms with Crippen LogP contribution >= 0.6 is 0 Å². The van der Waals surface area contributed by atoms with Gasteiger partial charge in [0.15, 0.2) is 0 Å². The number of piperidine rings is 1. The van der Waals surface area contributed by atoms with E-state index >= 15 is 0 Å². The fourth-order valence-electron chi connectivity index (χ4n) is 3.47. The molecule has 0 unspecified atom stereocenters. The Labute approximate surface area is 144 Å². The van der Waals surface area contributed by atoms with Gasteiger partial charge < -0.3 is 15.1 Å². The third kappa shape index (κ3) is 3.61. The number of hydrogen-bond donors (Lipinski definition) is 1. The predicted molar refractivity (Wildman–Crippen MR) is 95.1 cm³/mol. The van der Waals surface area contributed by atoms with Gasteiger partial charge in [0.05, 0.1) is 11.3 Å². The first-order valence-electron chi connectivity index (χ1n) is 8.92. The minimum absolute atomic E-state index is 0.0453. The molecule has 3 rings (SSSR count). The summed E-state index contributed by atoms with van der Waals surface area (Å²) >= 11 is 0. The Morgan fingerprint density at radius 2 is 1.83 bits per heavy atom. The quantitative estimate of drug-likeness (QED) is 0.900. The lowest BCUT2D eigenvalue weighted by Crippen LogP contribution is -2.41. The van der Waals surface area contributed by atoms with Crippen LogP contribution in [-0.2, 0) is 4.79 Å². The molecule has 1 aliphatic heterocycles. The van der Waals surface area contributed by atoms with Crippen LogP contribution in [0.25, 0.3) is 0 Å². The Morgan fingerprint density at radius 3 is 2.46 bits per heavy atom. The van der Waals surface area contributed by atoms with Crippen molar-refractivity contribution < 1.29 is 9.59 Å². The summed E-state index contributed by atoms with van der Waals surface area (Å²) in [6.45, 7) is 2.59. The largest absolute Gasteiger partial charge is 0.339 e. The molecule has 0 atom stereocenters. The number of carbonyl (C=O) groups is 2. The summed E-state index contributed by atoms with van der Waals surface area (Å²) in [5, 5.41) is 3.22. The van der Waals surface area contributed by atoms with Crippen molar-refractivity contribution in [3.63, 3.8) is 0 Å². The van der Waals surface area contributed by atoms with E-state index < -0.39 is 0 Å². The van der Waals surface area contributed by atoms with Gasteiger partial charge in [-0.05, 0) is 57.3 Å². The van der Waals surface area contributed by atoms with Crippen LogP contribution in [0.3, 0.4) is 0 Å². The van der Waals surface area contributed by atoms with Crippen LogP contribution in [0, 0.1) is 11.8 Å². The van der Waals surface area contributed by atoms with Crippen molar-refractivity contribution in [1.82, 2.24) is 10.2 Å². The molecule has 24 heavy (non-hydrogen) atoms. The highest BCUT2D eigenvalue weighted by Gasteiger charge is 2.34. The smallest absolute Gasteiger partial charge is 0.255 e. The van der Waals surface area contributed by atoms with Crippen molar-refractivity contribution in [3.05, 3.63) is 29.8 Å². The Bertz CT molecular complexity index is 604. The first-order chi connectivity index (χ1) is 11.6. The molecule has 0 spiro atoms. The van der Waals surface area contributed by atoms with Crippen LogP contribution < -0.4 is 10.2 Å². The van der Waals surface area contributed by atoms with E-state index in [1.807, 2.05) is 36.2 Å². The Kier molecular flexibility index (Phi) is 5.19. The van der Waals surface area contributed by atoms with Gasteiger partial charge in [0.2, 0.25) is 5.91 Å². The number of likely N-dealkylation sites (tertiary alicyclic amines) is 1. The third-order valence-electron chi connectivity index (χ3n) is 5.15. The number of carbonyl (C=O) groups excluding carboxylic acids is 2. The maximum Gasteiger partial charge on any atom is 0.255 e. The van der Waals surface area contributed by atoms with E-state index in [1.54, 1.807) is 11.9 Å². The number of rotatable bonds is 5. The molecule has 5 heteroatoms. The number of para-hydroxylation sites is 1. The summed E-state index contributed by atoms with van der Waals surface area (Å²) in [6.07, 6.45) is 4.01. The van der Waals surface area contributed by atoms with E-state index in [0.29, 0.717) is 11.5 Å². The molecule has 1 heterocycles. The second-order valence-corrected chi connectivity index (χ2v) is 6.98. The number of anilines is 1. The van der Waals surface area contributed by atoms with Gasteiger partial charge in [-0.25, -0.2) is 0 Å². The van der Waals surface area contributed by atoms with Crippen molar-refractivity contribution in [1.29, 1.82) is 0 Å². The van der Waals surface area contributed by atoms with Crippen LogP contribution in [0.15, 0.2) is 24.3 Å². The van der Waals surface area contributed by atoms with Crippen molar-refractivity contribution in [2.75, 3.05) is 38.6 Å². The SMILES string of the molecule is CNCC1CCN(C(=O)c2ccccc2N(C)C(=O)C2CC2)CC1. The molecule has 1 N–H and O–H groups in total. The van der Waals surface area contributed by atoms with E-state index in [4.69, 9.17) is 0 Å². The van der Waals surface area contributed by atoms with Gasteiger partial charge in [0, 0.05) is 26.1 Å². The van der Waals surface area contributed by atoms with E-state index in [0.717, 1.165) is 51.0 Å². The van der Waals surface area contributed by atoms with Gasteiger partial charge in [-0.15, -0.1) is 0 Å². The third-order valence-corrected chi connectivity index (χ3v) is 5.15. The normalized spacial score (nSPS) is 18.5. The topological polar surface area (TPSA) is 52.7 Å². The second-order valence-electron chi connectivity index (χ2n) is 6.98. The first-order valence-corrected chi connectivity index (χ1v) is 8.92. The molecule has 1 aliphatic carbocycles. The summed E-state index contributed by atoms with van der Waals surface area (Å²) in [5.74, 6) is 0.968. The Morgan fingerprint density at radius 1 is 1.17 bits per heavy atom. The van der Waals surface area contributed by atoms with Crippen LogP contribution in [0.4, 0.5) is 5.69 Å². The molecule has 0 radical (unpaired) electrons. The van der Waals surface area contributed by atoms with E-state index in [-0.39, 0.29) is 17.7 Å². The fraction of sp³-hybridized carbons (Fsp3) is 0.579. The zero-order valence-electron chi connectivity index (χ0n) is 14.6. The average molecular weight is 329 g/mol. The van der Waals surface area contributed by atoms with E-state index in [1.165, 1.54) is 0 Å². The molecule has 2 amide bonds. The van der Waals surface area contributed by atoms with Gasteiger partial charge >= 0.3 is 0 Å². The Hall–Kier alpha value is -1.88. The van der Waals surface area contributed by atoms with Crippen molar-refractivity contribution in [2.45, 2.75) is 25.7 Å². The molecule has 1 saturated carbocycles. The lowest BCUT2D eigenvalue weighted by Gasteiger charge is -2.33. The number of hydrogen-bond acceptors (Lipinski definition) is 3. The Balaban J connectivity index is 1.72. The molecular weight excluding hydrogens is 302 g/mol. The van der Waals surface area contributed by atoms with Crippen molar-refractivity contribution >= 4 is 17.5 Å². The first kappa shape index (κ1) is 17.0. The highest BCUT2D eigenvalue weighted by atomic mass is 16.2. The molecule has 2 fully saturated rings. The number of nitrogens with zero attached hydrogens (tertiary/aromatic N) is 2.